The second-order valence-corrected chi connectivity index (χ2v) is 4.51. The lowest BCUT2D eigenvalue weighted by atomic mass is 10.2. The maximum Gasteiger partial charge on any atom is 0.352 e. The molecule has 1 heterocycles. The van der Waals surface area contributed by atoms with Gasteiger partial charge in [0.2, 0.25) is 5.43 Å². The van der Waals surface area contributed by atoms with Gasteiger partial charge in [-0.05, 0) is 5.56 Å². The van der Waals surface area contributed by atoms with Crippen molar-refractivity contribution < 1.29 is 23.4 Å². The molecule has 0 aliphatic carbocycles. The lowest BCUT2D eigenvalue weighted by Gasteiger charge is -2.13. The van der Waals surface area contributed by atoms with Crippen LogP contribution in [0.15, 0.2) is 47.4 Å². The van der Waals surface area contributed by atoms with Crippen LogP contribution < -0.4 is 10.2 Å². The summed E-state index contributed by atoms with van der Waals surface area (Å²) in [7, 11) is 0. The molecule has 22 heavy (non-hydrogen) atoms. The van der Waals surface area contributed by atoms with E-state index in [1.807, 2.05) is 6.07 Å². The van der Waals surface area contributed by atoms with E-state index in [0.717, 1.165) is 22.4 Å². The predicted octanol–water partition coefficient (Wildman–Crippen LogP) is 2.39. The summed E-state index contributed by atoms with van der Waals surface area (Å²) in [5, 5.41) is 8.96. The minimum Gasteiger partial charge on any atom is -0.483 e. The molecule has 0 saturated heterocycles. The maximum atomic E-state index is 12.5. The van der Waals surface area contributed by atoms with Crippen molar-refractivity contribution in [3.05, 3.63) is 64.1 Å². The molecule has 0 saturated carbocycles. The number of nitrogens with zero attached hydrogens (tertiary/aromatic N) is 1. The van der Waals surface area contributed by atoms with Gasteiger partial charge >= 0.3 is 5.97 Å². The average Bonchev–Trinajstić information content (AvgIpc) is 2.47. The molecule has 1 aromatic carbocycles. The Morgan fingerprint density at radius 3 is 2.55 bits per heavy atom. The quantitative estimate of drug-likeness (QED) is 0.889. The summed E-state index contributed by atoms with van der Waals surface area (Å²) >= 11 is 0. The molecule has 0 amide bonds. The van der Waals surface area contributed by atoms with Gasteiger partial charge in [0.1, 0.15) is 12.3 Å². The molecule has 7 heteroatoms. The zero-order chi connectivity index (χ0) is 16.1. The average molecular weight is 309 g/mol. The van der Waals surface area contributed by atoms with E-state index in [2.05, 4.69) is 0 Å². The minimum absolute atomic E-state index is 0.0805. The Labute approximate surface area is 124 Å². The van der Waals surface area contributed by atoms with Crippen molar-refractivity contribution >= 4 is 5.97 Å². The smallest absolute Gasteiger partial charge is 0.352 e. The van der Waals surface area contributed by atoms with Crippen LogP contribution in [0.2, 0.25) is 0 Å². The number of pyridine rings is 1. The van der Waals surface area contributed by atoms with Gasteiger partial charge in [-0.1, -0.05) is 30.3 Å². The number of alkyl halides is 2. The van der Waals surface area contributed by atoms with Crippen LogP contribution in [0.3, 0.4) is 0 Å². The molecule has 0 radical (unpaired) electrons. The molecule has 0 unspecified atom stereocenters. The maximum absolute atomic E-state index is 12.5. The zero-order valence-electron chi connectivity index (χ0n) is 11.4. The molecule has 5 nitrogen and oxygen atoms in total. The van der Waals surface area contributed by atoms with Crippen molar-refractivity contribution in [1.82, 2.24) is 4.57 Å². The first-order chi connectivity index (χ1) is 10.5. The van der Waals surface area contributed by atoms with E-state index in [1.165, 1.54) is 0 Å². The fourth-order valence-corrected chi connectivity index (χ4v) is 1.88. The number of aromatic nitrogens is 1. The first-order valence-corrected chi connectivity index (χ1v) is 6.40. The van der Waals surface area contributed by atoms with Gasteiger partial charge in [-0.25, -0.2) is 13.6 Å². The van der Waals surface area contributed by atoms with Crippen molar-refractivity contribution in [1.29, 1.82) is 0 Å². The number of halogens is 2. The van der Waals surface area contributed by atoms with E-state index in [4.69, 9.17) is 9.84 Å². The summed E-state index contributed by atoms with van der Waals surface area (Å²) < 4.78 is 31.1. The number of carboxylic acid groups (broad SMARTS) is 1. The first-order valence-electron chi connectivity index (χ1n) is 6.40. The topological polar surface area (TPSA) is 68.5 Å². The molecule has 0 spiro atoms. The summed E-state index contributed by atoms with van der Waals surface area (Å²) in [4.78, 5) is 22.8. The van der Waals surface area contributed by atoms with Crippen LogP contribution in [0.25, 0.3) is 0 Å². The molecule has 0 aliphatic rings. The minimum atomic E-state index is -2.75. The molecule has 1 aromatic heterocycles. The Bertz CT molecular complexity index is 713. The largest absolute Gasteiger partial charge is 0.483 e. The number of benzene rings is 1. The lowest BCUT2D eigenvalue weighted by molar-refractivity contribution is 0.0673. The third kappa shape index (κ3) is 3.91. The molecule has 1 N–H and O–H groups in total. The predicted molar refractivity (Wildman–Crippen MR) is 74.4 cm³/mol. The molecular weight excluding hydrogens is 296 g/mol. The van der Waals surface area contributed by atoms with E-state index in [1.54, 1.807) is 24.3 Å². The van der Waals surface area contributed by atoms with Gasteiger partial charge < -0.3 is 14.4 Å². The number of carboxylic acids is 1. The molecule has 0 fully saturated rings. The summed E-state index contributed by atoms with van der Waals surface area (Å²) in [6.45, 7) is -0.749. The fraction of sp³-hybridized carbons (Fsp3) is 0.200. The Balaban J connectivity index is 2.27. The highest BCUT2D eigenvalue weighted by Crippen LogP contribution is 2.12. The second kappa shape index (κ2) is 6.84. The van der Waals surface area contributed by atoms with Crippen molar-refractivity contribution in [3.8, 4) is 5.75 Å². The molecule has 0 aliphatic heterocycles. The number of hydrogen-bond acceptors (Lipinski definition) is 3. The Morgan fingerprint density at radius 1 is 1.27 bits per heavy atom. The van der Waals surface area contributed by atoms with Crippen molar-refractivity contribution in [2.24, 2.45) is 0 Å². The first kappa shape index (κ1) is 15.7. The van der Waals surface area contributed by atoms with Crippen LogP contribution in [0.1, 0.15) is 16.1 Å². The number of ether oxygens (including phenoxy) is 1. The van der Waals surface area contributed by atoms with Crippen LogP contribution in [0, 0.1) is 0 Å². The second-order valence-electron chi connectivity index (χ2n) is 4.51. The van der Waals surface area contributed by atoms with E-state index < -0.39 is 30.1 Å². The van der Waals surface area contributed by atoms with Gasteiger partial charge in [0.05, 0.1) is 12.7 Å². The molecule has 0 atom stereocenters. The van der Waals surface area contributed by atoms with E-state index in [9.17, 15) is 18.4 Å². The Morgan fingerprint density at radius 2 is 1.95 bits per heavy atom. The summed E-state index contributed by atoms with van der Waals surface area (Å²) in [6.07, 6.45) is -1.75. The summed E-state index contributed by atoms with van der Waals surface area (Å²) in [5.41, 5.74) is -0.374. The van der Waals surface area contributed by atoms with Crippen LogP contribution >= 0.6 is 0 Å². The SMILES string of the molecule is O=C(O)c1cc(=O)c(OCc2ccccc2)cn1CC(F)F. The standard InChI is InChI=1S/C15H13F2NO4/c16-14(17)8-18-7-13(12(19)6-11(18)15(20)21)22-9-10-4-2-1-3-5-10/h1-7,14H,8-9H2,(H,20,21). The number of hydrogen-bond donors (Lipinski definition) is 1. The van der Waals surface area contributed by atoms with E-state index >= 15 is 0 Å². The van der Waals surface area contributed by atoms with Crippen LogP contribution in [0.4, 0.5) is 8.78 Å². The molecule has 116 valence electrons. The van der Waals surface area contributed by atoms with Gasteiger partial charge in [-0.3, -0.25) is 4.79 Å². The van der Waals surface area contributed by atoms with Crippen LogP contribution in [-0.2, 0) is 13.2 Å². The van der Waals surface area contributed by atoms with E-state index in [0.29, 0.717) is 0 Å². The molecule has 2 rings (SSSR count). The van der Waals surface area contributed by atoms with Gasteiger partial charge in [-0.2, -0.15) is 0 Å². The number of rotatable bonds is 6. The van der Waals surface area contributed by atoms with Crippen molar-refractivity contribution in [3.63, 3.8) is 0 Å². The van der Waals surface area contributed by atoms with Crippen molar-refractivity contribution in [2.75, 3.05) is 0 Å². The number of carbonyl (C=O) groups is 1. The summed E-state index contributed by atoms with van der Waals surface area (Å²) in [6, 6.07) is 9.75. The molecule has 0 bridgehead atoms. The van der Waals surface area contributed by atoms with Gasteiger partial charge in [0.15, 0.2) is 5.75 Å². The van der Waals surface area contributed by atoms with Crippen molar-refractivity contribution in [2.45, 2.75) is 19.6 Å². The molecule has 2 aromatic rings. The highest BCUT2D eigenvalue weighted by atomic mass is 19.3. The monoisotopic (exact) mass is 309 g/mol. The van der Waals surface area contributed by atoms with Crippen LogP contribution in [-0.4, -0.2) is 22.1 Å². The van der Waals surface area contributed by atoms with Gasteiger partial charge in [0, 0.05) is 6.07 Å². The highest BCUT2D eigenvalue weighted by Gasteiger charge is 2.16. The zero-order valence-corrected chi connectivity index (χ0v) is 11.4. The Kier molecular flexibility index (Phi) is 4.88. The highest BCUT2D eigenvalue weighted by molar-refractivity contribution is 5.85. The summed E-state index contributed by atoms with van der Waals surface area (Å²) in [5.74, 6) is -1.62. The lowest BCUT2D eigenvalue weighted by Crippen LogP contribution is -2.21. The Hall–Kier alpha value is -2.70. The molecular formula is C15H13F2NO4. The fourth-order valence-electron chi connectivity index (χ4n) is 1.88. The third-order valence-electron chi connectivity index (χ3n) is 2.88. The van der Waals surface area contributed by atoms with Crippen LogP contribution in [0.5, 0.6) is 5.75 Å². The third-order valence-corrected chi connectivity index (χ3v) is 2.88. The normalized spacial score (nSPS) is 10.7. The number of aromatic carboxylic acids is 1. The van der Waals surface area contributed by atoms with E-state index in [-0.39, 0.29) is 12.4 Å². The van der Waals surface area contributed by atoms with Gasteiger partial charge in [0.25, 0.3) is 6.43 Å². The van der Waals surface area contributed by atoms with Gasteiger partial charge in [-0.15, -0.1) is 0 Å².